The number of hydrogen-bond acceptors (Lipinski definition) is 5. The molecule has 0 aromatic heterocycles. The molecule has 0 heterocycles. The van der Waals surface area contributed by atoms with E-state index < -0.39 is 23.4 Å². The van der Waals surface area contributed by atoms with E-state index in [1.54, 1.807) is 13.8 Å². The number of nitrogens with one attached hydrogen (secondary N) is 1. The summed E-state index contributed by atoms with van der Waals surface area (Å²) >= 11 is 0. The molecule has 0 aromatic rings. The highest BCUT2D eigenvalue weighted by Gasteiger charge is 2.34. The molecule has 0 radical (unpaired) electrons. The van der Waals surface area contributed by atoms with Crippen molar-refractivity contribution in [1.82, 2.24) is 5.32 Å². The third-order valence-electron chi connectivity index (χ3n) is 5.14. The number of unbranched alkanes of at least 4 members (excludes halogenated alkanes) is 1. The zero-order valence-corrected chi connectivity index (χ0v) is 22.2. The number of carboxylic acids is 1. The van der Waals surface area contributed by atoms with E-state index in [2.05, 4.69) is 66.9 Å². The van der Waals surface area contributed by atoms with Gasteiger partial charge in [0.2, 0.25) is 5.91 Å². The standard InChI is InChI=1S/C29H45NO6/c1-4-5-6-7-8-9-10-11-12-13-14-15-16-17-18-19-20-21-26(33)36-24-29(2,3)27(34)28(35)30-23-22-25(31)32/h5-6,8-9,11-12,14-15,17-18,27,34H,4,7,10,13,16,19-24H2,1-3H3,(H,30,35)(H,31,32)/t27-/m1/s1. The molecule has 0 saturated carbocycles. The van der Waals surface area contributed by atoms with Crippen LogP contribution in [0.25, 0.3) is 0 Å². The summed E-state index contributed by atoms with van der Waals surface area (Å²) in [5.74, 6) is -2.10. The van der Waals surface area contributed by atoms with Crippen LogP contribution in [0.3, 0.4) is 0 Å². The van der Waals surface area contributed by atoms with E-state index in [-0.39, 0.29) is 32.0 Å². The Hall–Kier alpha value is -2.93. The van der Waals surface area contributed by atoms with Crippen LogP contribution in [-0.2, 0) is 19.1 Å². The van der Waals surface area contributed by atoms with Gasteiger partial charge < -0.3 is 20.3 Å². The smallest absolute Gasteiger partial charge is 0.305 e. The number of aliphatic hydroxyl groups is 1. The largest absolute Gasteiger partial charge is 0.481 e. The van der Waals surface area contributed by atoms with Crippen molar-refractivity contribution in [3.8, 4) is 0 Å². The first-order chi connectivity index (χ1) is 17.2. The molecule has 0 spiro atoms. The number of carboxylic acid groups (broad SMARTS) is 1. The van der Waals surface area contributed by atoms with E-state index in [0.717, 1.165) is 38.5 Å². The van der Waals surface area contributed by atoms with Crippen LogP contribution in [-0.4, -0.2) is 47.3 Å². The number of hydrogen-bond donors (Lipinski definition) is 3. The molecule has 0 saturated heterocycles. The average molecular weight is 504 g/mol. The van der Waals surface area contributed by atoms with Crippen molar-refractivity contribution in [2.45, 2.75) is 84.7 Å². The van der Waals surface area contributed by atoms with E-state index in [4.69, 9.17) is 9.84 Å². The number of allylic oxidation sites excluding steroid dienone is 10. The van der Waals surface area contributed by atoms with Gasteiger partial charge in [0, 0.05) is 18.4 Å². The molecule has 0 rings (SSSR count). The summed E-state index contributed by atoms with van der Waals surface area (Å²) in [6, 6.07) is 0. The summed E-state index contributed by atoms with van der Waals surface area (Å²) in [6.07, 6.45) is 26.2. The zero-order valence-electron chi connectivity index (χ0n) is 22.2. The van der Waals surface area contributed by atoms with Gasteiger partial charge in [-0.3, -0.25) is 14.4 Å². The average Bonchev–Trinajstić information content (AvgIpc) is 2.83. The molecule has 7 heteroatoms. The van der Waals surface area contributed by atoms with Crippen LogP contribution in [0, 0.1) is 5.41 Å². The van der Waals surface area contributed by atoms with Crippen molar-refractivity contribution >= 4 is 17.8 Å². The zero-order chi connectivity index (χ0) is 27.1. The van der Waals surface area contributed by atoms with E-state index in [9.17, 15) is 19.5 Å². The maximum Gasteiger partial charge on any atom is 0.305 e. The Bertz CT molecular complexity index is 777. The number of esters is 1. The van der Waals surface area contributed by atoms with E-state index in [1.165, 1.54) is 0 Å². The van der Waals surface area contributed by atoms with Crippen LogP contribution in [0.2, 0.25) is 0 Å². The molecule has 36 heavy (non-hydrogen) atoms. The predicted octanol–water partition coefficient (Wildman–Crippen LogP) is 5.43. The number of aliphatic hydroxyl groups excluding tert-OH is 1. The van der Waals surface area contributed by atoms with Crippen LogP contribution in [0.1, 0.15) is 78.6 Å². The van der Waals surface area contributed by atoms with Gasteiger partial charge in [0.05, 0.1) is 13.0 Å². The van der Waals surface area contributed by atoms with Gasteiger partial charge in [-0.2, -0.15) is 0 Å². The molecule has 0 unspecified atom stereocenters. The van der Waals surface area contributed by atoms with Crippen LogP contribution in [0.15, 0.2) is 60.8 Å². The molecular weight excluding hydrogens is 458 g/mol. The Morgan fingerprint density at radius 3 is 1.83 bits per heavy atom. The lowest BCUT2D eigenvalue weighted by Gasteiger charge is -2.28. The summed E-state index contributed by atoms with van der Waals surface area (Å²) < 4.78 is 5.23. The number of rotatable bonds is 20. The molecular formula is C29H45NO6. The van der Waals surface area contributed by atoms with Crippen LogP contribution in [0.4, 0.5) is 0 Å². The predicted molar refractivity (Wildman–Crippen MR) is 144 cm³/mol. The van der Waals surface area contributed by atoms with Gasteiger partial charge in [0.25, 0.3) is 0 Å². The summed E-state index contributed by atoms with van der Waals surface area (Å²) in [5.41, 5.74) is -0.993. The van der Waals surface area contributed by atoms with Gasteiger partial charge in [0.1, 0.15) is 6.10 Å². The van der Waals surface area contributed by atoms with Gasteiger partial charge >= 0.3 is 11.9 Å². The Morgan fingerprint density at radius 1 is 0.833 bits per heavy atom. The monoisotopic (exact) mass is 503 g/mol. The lowest BCUT2D eigenvalue weighted by Crippen LogP contribution is -2.46. The third kappa shape index (κ3) is 19.4. The van der Waals surface area contributed by atoms with Gasteiger partial charge in [0.15, 0.2) is 0 Å². The van der Waals surface area contributed by atoms with E-state index in [0.29, 0.717) is 6.42 Å². The molecule has 7 nitrogen and oxygen atoms in total. The molecule has 0 aliphatic heterocycles. The topological polar surface area (TPSA) is 113 Å². The molecule has 0 aliphatic carbocycles. The minimum Gasteiger partial charge on any atom is -0.481 e. The van der Waals surface area contributed by atoms with Crippen molar-refractivity contribution in [3.63, 3.8) is 0 Å². The molecule has 3 N–H and O–H groups in total. The fraction of sp³-hybridized carbons (Fsp3) is 0.552. The summed E-state index contributed by atoms with van der Waals surface area (Å²) in [6.45, 7) is 5.17. The molecule has 0 fully saturated rings. The first-order valence-corrected chi connectivity index (χ1v) is 12.8. The summed E-state index contributed by atoms with van der Waals surface area (Å²) in [7, 11) is 0. The number of aliphatic carboxylic acids is 1. The summed E-state index contributed by atoms with van der Waals surface area (Å²) in [5, 5.41) is 21.1. The van der Waals surface area contributed by atoms with Crippen molar-refractivity contribution in [2.24, 2.45) is 5.41 Å². The van der Waals surface area contributed by atoms with Crippen LogP contribution < -0.4 is 5.32 Å². The second-order valence-electron chi connectivity index (χ2n) is 9.09. The SMILES string of the molecule is CCC=CCC=CCC=CCC=CCC=CCCCC(=O)OCC(C)(C)[C@H](O)C(=O)NCCC(=O)O. The normalized spacial score (nSPS) is 13.4. The number of carbonyl (C=O) groups is 3. The van der Waals surface area contributed by atoms with Gasteiger partial charge in [-0.25, -0.2) is 0 Å². The quantitative estimate of drug-likeness (QED) is 0.116. The van der Waals surface area contributed by atoms with Crippen molar-refractivity contribution < 1.29 is 29.3 Å². The molecule has 1 atom stereocenters. The number of carbonyl (C=O) groups excluding carboxylic acids is 2. The van der Waals surface area contributed by atoms with Crippen LogP contribution in [0.5, 0.6) is 0 Å². The Labute approximate surface area is 216 Å². The van der Waals surface area contributed by atoms with Crippen molar-refractivity contribution in [3.05, 3.63) is 60.8 Å². The second-order valence-corrected chi connectivity index (χ2v) is 9.09. The van der Waals surface area contributed by atoms with Gasteiger partial charge in [-0.05, 0) is 44.9 Å². The first-order valence-electron chi connectivity index (χ1n) is 12.8. The minimum atomic E-state index is -1.42. The maximum atomic E-state index is 12.0. The highest BCUT2D eigenvalue weighted by Crippen LogP contribution is 2.22. The minimum absolute atomic E-state index is 0.0725. The third-order valence-corrected chi connectivity index (χ3v) is 5.14. The lowest BCUT2D eigenvalue weighted by atomic mass is 9.87. The van der Waals surface area contributed by atoms with Crippen molar-refractivity contribution in [2.75, 3.05) is 13.2 Å². The molecule has 0 bridgehead atoms. The summed E-state index contributed by atoms with van der Waals surface area (Å²) in [4.78, 5) is 34.4. The molecule has 1 amide bonds. The highest BCUT2D eigenvalue weighted by atomic mass is 16.5. The van der Waals surface area contributed by atoms with Crippen LogP contribution >= 0.6 is 0 Å². The van der Waals surface area contributed by atoms with E-state index >= 15 is 0 Å². The highest BCUT2D eigenvalue weighted by molar-refractivity contribution is 5.81. The molecule has 0 aromatic carbocycles. The fourth-order valence-electron chi connectivity index (χ4n) is 2.89. The number of amides is 1. The second kappa shape index (κ2) is 21.4. The Balaban J connectivity index is 3.92. The fourth-order valence-corrected chi connectivity index (χ4v) is 2.89. The van der Waals surface area contributed by atoms with E-state index in [1.807, 2.05) is 6.08 Å². The Kier molecular flexibility index (Phi) is 19.6. The Morgan fingerprint density at radius 2 is 1.33 bits per heavy atom. The first kappa shape index (κ1) is 33.1. The maximum absolute atomic E-state index is 12.0. The van der Waals surface area contributed by atoms with Crippen molar-refractivity contribution in [1.29, 1.82) is 0 Å². The van der Waals surface area contributed by atoms with Gasteiger partial charge in [-0.1, -0.05) is 81.5 Å². The lowest BCUT2D eigenvalue weighted by molar-refractivity contribution is -0.153. The molecule has 0 aliphatic rings. The molecule has 202 valence electrons. The van der Waals surface area contributed by atoms with Gasteiger partial charge in [-0.15, -0.1) is 0 Å². The number of ether oxygens (including phenoxy) is 1.